The maximum absolute atomic E-state index is 3.77. The van der Waals surface area contributed by atoms with Crippen molar-refractivity contribution in [3.05, 3.63) is 12.8 Å². The lowest BCUT2D eigenvalue weighted by Crippen LogP contribution is -1.82. The molecule has 0 heterocycles. The first kappa shape index (κ1) is 8.00. The third kappa shape index (κ3) is 6.00. The average molecular weight is 112 g/mol. The zero-order chi connectivity index (χ0) is 6.41. The van der Waals surface area contributed by atoms with Crippen LogP contribution in [0, 0.1) is 12.8 Å². The molecular formula is C8H16-2. The van der Waals surface area contributed by atoms with Crippen LogP contribution in [0.3, 0.4) is 0 Å². The van der Waals surface area contributed by atoms with E-state index >= 15 is 0 Å². The van der Waals surface area contributed by atoms with E-state index in [1.807, 2.05) is 0 Å². The molecule has 0 radical (unpaired) electrons. The van der Waals surface area contributed by atoms with Gasteiger partial charge >= 0.3 is 0 Å². The Labute approximate surface area is 53.3 Å². The molecule has 0 amide bonds. The minimum atomic E-state index is 1.09. The van der Waals surface area contributed by atoms with Gasteiger partial charge in [0.05, 0.1) is 0 Å². The highest BCUT2D eigenvalue weighted by molar-refractivity contribution is 4.75. The van der Waals surface area contributed by atoms with Gasteiger partial charge in [0.1, 0.15) is 0 Å². The lowest BCUT2D eigenvalue weighted by atomic mass is 10.1. The van der Waals surface area contributed by atoms with Crippen molar-refractivity contribution >= 4 is 0 Å². The second-order valence-corrected chi connectivity index (χ2v) is 2.52. The van der Waals surface area contributed by atoms with E-state index in [2.05, 4.69) is 20.8 Å². The van der Waals surface area contributed by atoms with E-state index in [0.717, 1.165) is 6.42 Å². The normalized spacial score (nSPS) is 10.5. The molecule has 0 aromatic rings. The van der Waals surface area contributed by atoms with Gasteiger partial charge in [-0.15, -0.1) is 0 Å². The van der Waals surface area contributed by atoms with Gasteiger partial charge in [-0.05, 0) is 0 Å². The van der Waals surface area contributed by atoms with Gasteiger partial charge in [0.2, 0.25) is 0 Å². The molecule has 0 aromatic carbocycles. The van der Waals surface area contributed by atoms with Crippen molar-refractivity contribution in [2.45, 2.75) is 39.5 Å². The van der Waals surface area contributed by atoms with Crippen LogP contribution < -0.4 is 0 Å². The van der Waals surface area contributed by atoms with E-state index in [1.165, 1.54) is 19.3 Å². The highest BCUT2D eigenvalue weighted by Gasteiger charge is 1.77. The van der Waals surface area contributed by atoms with Crippen molar-refractivity contribution in [1.29, 1.82) is 0 Å². The van der Waals surface area contributed by atoms with E-state index < -0.39 is 0 Å². The fraction of sp³-hybridized carbons (Fsp3) is 0.750. The van der Waals surface area contributed by atoms with Crippen molar-refractivity contribution < 1.29 is 0 Å². The van der Waals surface area contributed by atoms with Crippen molar-refractivity contribution in [2.24, 2.45) is 0 Å². The van der Waals surface area contributed by atoms with Crippen LogP contribution in [0.15, 0.2) is 0 Å². The molecular weight excluding hydrogens is 96.1 g/mol. The number of hydrogen-bond donors (Lipinski definition) is 0. The summed E-state index contributed by atoms with van der Waals surface area (Å²) < 4.78 is 0. The third-order valence-corrected chi connectivity index (χ3v) is 1.18. The maximum Gasteiger partial charge on any atom is -0.0827 e. The Kier molecular flexibility index (Phi) is 5.14. The molecule has 0 spiro atoms. The second kappa shape index (κ2) is 5.14. The molecule has 0 atom stereocenters. The van der Waals surface area contributed by atoms with Crippen molar-refractivity contribution in [3.8, 4) is 0 Å². The van der Waals surface area contributed by atoms with Crippen LogP contribution >= 0.6 is 0 Å². The first-order valence-corrected chi connectivity index (χ1v) is 3.35. The molecule has 0 nitrogen and oxygen atoms in total. The zero-order valence-corrected chi connectivity index (χ0v) is 6.04. The first-order valence-electron chi connectivity index (χ1n) is 3.35. The van der Waals surface area contributed by atoms with Crippen molar-refractivity contribution in [1.82, 2.24) is 0 Å². The summed E-state index contributed by atoms with van der Waals surface area (Å²) in [6.45, 7) is 8.14. The van der Waals surface area contributed by atoms with Crippen molar-refractivity contribution in [2.75, 3.05) is 0 Å². The van der Waals surface area contributed by atoms with E-state index in [4.69, 9.17) is 0 Å². The van der Waals surface area contributed by atoms with Gasteiger partial charge in [-0.1, -0.05) is 12.8 Å². The van der Waals surface area contributed by atoms with Crippen LogP contribution in [0.5, 0.6) is 0 Å². The first-order chi connectivity index (χ1) is 3.77. The fourth-order valence-corrected chi connectivity index (χ4v) is 0.655. The monoisotopic (exact) mass is 112 g/mol. The molecule has 0 aliphatic rings. The zero-order valence-electron chi connectivity index (χ0n) is 6.04. The molecule has 0 N–H and O–H groups in total. The van der Waals surface area contributed by atoms with E-state index in [1.54, 1.807) is 5.92 Å². The Balaban J connectivity index is 2.72. The van der Waals surface area contributed by atoms with Gasteiger partial charge in [0.25, 0.3) is 0 Å². The molecule has 0 bridgehead atoms. The van der Waals surface area contributed by atoms with E-state index in [0.29, 0.717) is 0 Å². The molecule has 0 aliphatic heterocycles. The van der Waals surface area contributed by atoms with E-state index in [-0.39, 0.29) is 0 Å². The lowest BCUT2D eigenvalue weighted by molar-refractivity contribution is 0.697. The van der Waals surface area contributed by atoms with Crippen LogP contribution in [0.2, 0.25) is 0 Å². The minimum absolute atomic E-state index is 1.09. The molecule has 0 heteroatoms. The Morgan fingerprint density at radius 3 is 2.25 bits per heavy atom. The molecule has 0 fully saturated rings. The lowest BCUT2D eigenvalue weighted by Gasteiger charge is -2.15. The molecule has 0 aliphatic carbocycles. The predicted molar refractivity (Wildman–Crippen MR) is 38.4 cm³/mol. The van der Waals surface area contributed by atoms with Gasteiger partial charge in [0.15, 0.2) is 0 Å². The summed E-state index contributed by atoms with van der Waals surface area (Å²) >= 11 is 0. The topological polar surface area (TPSA) is 0 Å². The van der Waals surface area contributed by atoms with Crippen LogP contribution in [-0.2, 0) is 0 Å². The van der Waals surface area contributed by atoms with Crippen LogP contribution in [0.25, 0.3) is 0 Å². The molecule has 0 unspecified atom stereocenters. The molecule has 8 heavy (non-hydrogen) atoms. The Bertz CT molecular complexity index is 37.3. The summed E-state index contributed by atoms with van der Waals surface area (Å²) in [5, 5.41) is 0. The summed E-state index contributed by atoms with van der Waals surface area (Å²) in [7, 11) is 0. The standard InChI is InChI=1S/C8H16/c1-4-5-6-7-8(2)3/h1,4-7H2,2-3H3/q-2. The average Bonchev–Trinajstić information content (AvgIpc) is 1.66. The molecule has 0 aromatic heterocycles. The highest BCUT2D eigenvalue weighted by Crippen LogP contribution is 2.08. The summed E-state index contributed by atoms with van der Waals surface area (Å²) in [5.41, 5.74) is 0. The molecule has 50 valence electrons. The number of rotatable bonds is 4. The van der Waals surface area contributed by atoms with Crippen molar-refractivity contribution in [3.63, 3.8) is 0 Å². The Morgan fingerprint density at radius 2 is 1.88 bits per heavy atom. The van der Waals surface area contributed by atoms with Crippen LogP contribution in [0.1, 0.15) is 39.5 Å². The molecule has 0 rings (SSSR count). The van der Waals surface area contributed by atoms with Gasteiger partial charge in [-0.2, -0.15) is 26.7 Å². The SMILES string of the molecule is [CH2-]CCCC[C-](C)C. The number of hydrogen-bond acceptors (Lipinski definition) is 0. The molecule has 0 saturated carbocycles. The van der Waals surface area contributed by atoms with Gasteiger partial charge < -0.3 is 12.8 Å². The second-order valence-electron chi connectivity index (χ2n) is 2.52. The summed E-state index contributed by atoms with van der Waals surface area (Å²) in [5.74, 6) is 1.54. The summed E-state index contributed by atoms with van der Waals surface area (Å²) in [6.07, 6.45) is 4.99. The smallest absolute Gasteiger partial charge is 0.0827 e. The Morgan fingerprint density at radius 1 is 1.25 bits per heavy atom. The maximum atomic E-state index is 3.77. The quantitative estimate of drug-likeness (QED) is 0.387. The minimum Gasteiger partial charge on any atom is -0.343 e. The summed E-state index contributed by atoms with van der Waals surface area (Å²) in [6, 6.07) is 0. The van der Waals surface area contributed by atoms with Crippen LogP contribution in [0.4, 0.5) is 0 Å². The molecule has 0 saturated heterocycles. The van der Waals surface area contributed by atoms with Crippen LogP contribution in [-0.4, -0.2) is 0 Å². The highest BCUT2D eigenvalue weighted by atomic mass is 14.0. The predicted octanol–water partition coefficient (Wildman–Crippen LogP) is 3.00. The number of unbranched alkanes of at least 4 members (excludes halogenated alkanes) is 2. The summed E-state index contributed by atoms with van der Waals surface area (Å²) in [4.78, 5) is 0. The fourth-order valence-electron chi connectivity index (χ4n) is 0.655. The van der Waals surface area contributed by atoms with E-state index in [9.17, 15) is 0 Å². The Hall–Kier alpha value is 0. The largest absolute Gasteiger partial charge is 0.343 e. The third-order valence-electron chi connectivity index (χ3n) is 1.18. The van der Waals surface area contributed by atoms with Gasteiger partial charge in [-0.3, -0.25) is 0 Å². The van der Waals surface area contributed by atoms with Gasteiger partial charge in [0, 0.05) is 0 Å². The van der Waals surface area contributed by atoms with Gasteiger partial charge in [-0.25, -0.2) is 0 Å².